The first-order valence-electron chi connectivity index (χ1n) is 9.34. The molecule has 0 spiro atoms. The number of carbonyl (C=O) groups is 1. The van der Waals surface area contributed by atoms with Crippen molar-refractivity contribution in [2.24, 2.45) is 0 Å². The molecule has 1 N–H and O–H groups in total. The Bertz CT molecular complexity index is 1070. The van der Waals surface area contributed by atoms with Gasteiger partial charge in [0.05, 0.1) is 17.0 Å². The van der Waals surface area contributed by atoms with Crippen molar-refractivity contribution >= 4 is 45.8 Å². The topological polar surface area (TPSA) is 49.4 Å². The highest BCUT2D eigenvalue weighted by Crippen LogP contribution is 2.25. The Morgan fingerprint density at radius 1 is 1.00 bits per heavy atom. The molecule has 0 aromatic heterocycles. The van der Waals surface area contributed by atoms with Crippen LogP contribution in [0.4, 0.5) is 5.69 Å². The summed E-state index contributed by atoms with van der Waals surface area (Å²) in [5, 5.41) is 1.11. The summed E-state index contributed by atoms with van der Waals surface area (Å²) in [7, 11) is 0.261. The summed E-state index contributed by atoms with van der Waals surface area (Å²) in [5.41, 5.74) is 3.17. The number of hydrogen-bond acceptors (Lipinski definition) is 2. The maximum absolute atomic E-state index is 12.9. The van der Waals surface area contributed by atoms with Crippen molar-refractivity contribution in [3.63, 3.8) is 0 Å². The maximum Gasteiger partial charge on any atom is 0.227 e. The molecule has 1 unspecified atom stereocenters. The van der Waals surface area contributed by atoms with Crippen molar-refractivity contribution in [1.82, 2.24) is 4.90 Å². The molecular formula is C23H22Cl2N2O2S. The normalized spacial score (nSPS) is 11.7. The minimum atomic E-state index is -1.50. The van der Waals surface area contributed by atoms with E-state index in [1.807, 2.05) is 37.3 Å². The Balaban J connectivity index is 1.76. The Kier molecular flexibility index (Phi) is 7.53. The molecular weight excluding hydrogens is 439 g/mol. The molecule has 0 heterocycles. The van der Waals surface area contributed by atoms with E-state index in [0.29, 0.717) is 32.7 Å². The maximum atomic E-state index is 12.9. The molecule has 0 aliphatic rings. The highest BCUT2D eigenvalue weighted by Gasteiger charge is 2.16. The number of halogens is 2. The van der Waals surface area contributed by atoms with Crippen molar-refractivity contribution in [1.29, 1.82) is 0 Å². The van der Waals surface area contributed by atoms with Gasteiger partial charge in [0, 0.05) is 23.6 Å². The highest BCUT2D eigenvalue weighted by atomic mass is 35.5. The molecule has 1 amide bonds. The average molecular weight is 461 g/mol. The molecule has 0 radical (unpaired) electrons. The van der Waals surface area contributed by atoms with Gasteiger partial charge >= 0.3 is 0 Å². The lowest BCUT2D eigenvalue weighted by molar-refractivity contribution is -0.129. The molecule has 0 bridgehead atoms. The number of nitrogens with zero attached hydrogens (tertiary/aromatic N) is 1. The van der Waals surface area contributed by atoms with Crippen LogP contribution in [0.5, 0.6) is 0 Å². The van der Waals surface area contributed by atoms with Crippen molar-refractivity contribution in [3.8, 4) is 0 Å². The second-order valence-electron chi connectivity index (χ2n) is 6.99. The van der Waals surface area contributed by atoms with E-state index in [-0.39, 0.29) is 12.3 Å². The van der Waals surface area contributed by atoms with Crippen LogP contribution in [0.3, 0.4) is 0 Å². The van der Waals surface area contributed by atoms with E-state index in [1.54, 1.807) is 48.3 Å². The van der Waals surface area contributed by atoms with Crippen LogP contribution in [0.15, 0.2) is 71.6 Å². The van der Waals surface area contributed by atoms with Gasteiger partial charge in [-0.15, -0.1) is 0 Å². The van der Waals surface area contributed by atoms with E-state index in [1.165, 1.54) is 0 Å². The van der Waals surface area contributed by atoms with E-state index in [9.17, 15) is 9.00 Å². The Morgan fingerprint density at radius 3 is 2.37 bits per heavy atom. The van der Waals surface area contributed by atoms with Crippen molar-refractivity contribution < 1.29 is 9.00 Å². The Hall–Kier alpha value is -2.34. The fourth-order valence-electron chi connectivity index (χ4n) is 3.03. The van der Waals surface area contributed by atoms with Gasteiger partial charge in [0.15, 0.2) is 11.0 Å². The first-order chi connectivity index (χ1) is 14.3. The second-order valence-corrected chi connectivity index (χ2v) is 9.05. The van der Waals surface area contributed by atoms with Gasteiger partial charge in [-0.1, -0.05) is 53.5 Å². The number of nitrogens with one attached hydrogen (secondary N) is 1. The molecule has 156 valence electrons. The number of likely N-dealkylation sites (N-methyl/N-ethyl adjacent to an activating group) is 1. The van der Waals surface area contributed by atoms with Crippen LogP contribution < -0.4 is 4.72 Å². The number of hydrogen-bond donors (Lipinski definition) is 1. The van der Waals surface area contributed by atoms with Gasteiger partial charge in [0.25, 0.3) is 0 Å². The summed E-state index contributed by atoms with van der Waals surface area (Å²) < 4.78 is 15.9. The summed E-state index contributed by atoms with van der Waals surface area (Å²) in [6.07, 6.45) is 0.142. The summed E-state index contributed by atoms with van der Waals surface area (Å²) >= 11 is 12.2. The molecule has 3 aromatic carbocycles. The van der Waals surface area contributed by atoms with Gasteiger partial charge in [0.2, 0.25) is 5.91 Å². The van der Waals surface area contributed by atoms with Crippen molar-refractivity contribution in [2.45, 2.75) is 24.8 Å². The standard InChI is InChI=1S/C23H22Cl2N2O2S/c1-16-12-19(24)9-11-22(16)30(29)26-21-10-8-20(25)13-18(21)14-23(28)27(2)15-17-6-4-3-5-7-17/h3-13,26H,14-15H2,1-2H3. The zero-order chi connectivity index (χ0) is 21.7. The number of aryl methyl sites for hydroxylation is 1. The molecule has 0 aliphatic heterocycles. The van der Waals surface area contributed by atoms with Crippen molar-refractivity contribution in [3.05, 3.63) is 93.5 Å². The van der Waals surface area contributed by atoms with E-state index < -0.39 is 11.0 Å². The lowest BCUT2D eigenvalue weighted by atomic mass is 10.1. The highest BCUT2D eigenvalue weighted by molar-refractivity contribution is 7.86. The minimum absolute atomic E-state index is 0.0578. The zero-order valence-corrected chi connectivity index (χ0v) is 19.0. The monoisotopic (exact) mass is 460 g/mol. The minimum Gasteiger partial charge on any atom is -0.341 e. The van der Waals surface area contributed by atoms with Gasteiger partial charge in [-0.25, -0.2) is 4.21 Å². The largest absolute Gasteiger partial charge is 0.341 e. The second kappa shape index (κ2) is 10.1. The summed E-state index contributed by atoms with van der Waals surface area (Å²) in [4.78, 5) is 15.1. The number of benzene rings is 3. The molecule has 30 heavy (non-hydrogen) atoms. The quantitative estimate of drug-likeness (QED) is 0.495. The molecule has 0 saturated carbocycles. The first kappa shape index (κ1) is 22.3. The molecule has 7 heteroatoms. The molecule has 1 atom stereocenters. The number of rotatable bonds is 7. The summed E-state index contributed by atoms with van der Waals surface area (Å²) in [6.45, 7) is 2.37. The molecule has 0 aliphatic carbocycles. The number of amides is 1. The average Bonchev–Trinajstić information content (AvgIpc) is 2.70. The van der Waals surface area contributed by atoms with E-state index in [0.717, 1.165) is 11.1 Å². The third-order valence-corrected chi connectivity index (χ3v) is 6.37. The van der Waals surface area contributed by atoms with Crippen LogP contribution in [0.2, 0.25) is 10.0 Å². The fourth-order valence-corrected chi connectivity index (χ4v) is 4.50. The smallest absolute Gasteiger partial charge is 0.227 e. The molecule has 3 aromatic rings. The van der Waals surface area contributed by atoms with Crippen LogP contribution in [0.25, 0.3) is 0 Å². The third kappa shape index (κ3) is 5.85. The van der Waals surface area contributed by atoms with E-state index in [4.69, 9.17) is 23.2 Å². The Morgan fingerprint density at radius 2 is 1.67 bits per heavy atom. The van der Waals surface area contributed by atoms with Gasteiger partial charge in [-0.05, 0) is 60.0 Å². The van der Waals surface area contributed by atoms with Crippen LogP contribution in [0.1, 0.15) is 16.7 Å². The molecule has 3 rings (SSSR count). The lowest BCUT2D eigenvalue weighted by Gasteiger charge is -2.19. The third-order valence-electron chi connectivity index (χ3n) is 4.64. The predicted octanol–water partition coefficient (Wildman–Crippen LogP) is 5.64. The zero-order valence-electron chi connectivity index (χ0n) is 16.7. The number of carbonyl (C=O) groups excluding carboxylic acids is 1. The SMILES string of the molecule is Cc1cc(Cl)ccc1S(=O)Nc1ccc(Cl)cc1CC(=O)N(C)Cc1ccccc1. The summed E-state index contributed by atoms with van der Waals surface area (Å²) in [5.74, 6) is -0.0578. The van der Waals surface area contributed by atoms with Crippen molar-refractivity contribution in [2.75, 3.05) is 11.8 Å². The predicted molar refractivity (Wildman–Crippen MR) is 124 cm³/mol. The van der Waals surface area contributed by atoms with Crippen LogP contribution in [-0.4, -0.2) is 22.1 Å². The summed E-state index contributed by atoms with van der Waals surface area (Å²) in [6, 6.07) is 20.2. The van der Waals surface area contributed by atoms with Gasteiger partial charge in [0.1, 0.15) is 0 Å². The number of anilines is 1. The van der Waals surface area contributed by atoms with Gasteiger partial charge < -0.3 is 9.62 Å². The van der Waals surface area contributed by atoms with Gasteiger partial charge in [-0.3, -0.25) is 4.79 Å². The molecule has 0 saturated heterocycles. The van der Waals surface area contributed by atoms with E-state index in [2.05, 4.69) is 4.72 Å². The van der Waals surface area contributed by atoms with Crippen LogP contribution in [-0.2, 0) is 28.7 Å². The van der Waals surface area contributed by atoms with Gasteiger partial charge in [-0.2, -0.15) is 0 Å². The van der Waals surface area contributed by atoms with E-state index >= 15 is 0 Å². The van der Waals surface area contributed by atoms with Crippen LogP contribution in [0, 0.1) is 6.92 Å². The Labute approximate surface area is 189 Å². The first-order valence-corrected chi connectivity index (χ1v) is 11.2. The molecule has 4 nitrogen and oxygen atoms in total. The lowest BCUT2D eigenvalue weighted by Crippen LogP contribution is -2.28. The fraction of sp³-hybridized carbons (Fsp3) is 0.174. The van der Waals surface area contributed by atoms with Crippen LogP contribution >= 0.6 is 23.2 Å². The molecule has 0 fully saturated rings.